The molecule has 6 heteroatoms. The fraction of sp³-hybridized carbons (Fsp3) is 0. The predicted molar refractivity (Wildman–Crippen MR) is 75.3 cm³/mol. The first-order chi connectivity index (χ1) is 10.1. The van der Waals surface area contributed by atoms with E-state index in [1.807, 2.05) is 0 Å². The van der Waals surface area contributed by atoms with Crippen LogP contribution in [0.1, 0.15) is 16.1 Å². The molecule has 0 fully saturated rings. The number of hydrogen-bond acceptors (Lipinski definition) is 3. The maximum Gasteiger partial charge on any atom is 0.354 e. The molecule has 0 saturated heterocycles. The summed E-state index contributed by atoms with van der Waals surface area (Å²) in [4.78, 5) is 26.2. The van der Waals surface area contributed by atoms with E-state index in [0.717, 1.165) is 6.08 Å². The number of anilines is 1. The van der Waals surface area contributed by atoms with E-state index in [1.165, 1.54) is 36.4 Å². The molecule has 2 rings (SSSR count). The van der Waals surface area contributed by atoms with Crippen LogP contribution < -0.4 is 5.32 Å². The second kappa shape index (κ2) is 6.42. The number of carboxylic acid groups (broad SMARTS) is 1. The molecule has 21 heavy (non-hydrogen) atoms. The Morgan fingerprint density at radius 2 is 1.90 bits per heavy atom. The van der Waals surface area contributed by atoms with Crippen molar-refractivity contribution in [3.05, 3.63) is 65.6 Å². The van der Waals surface area contributed by atoms with Crippen LogP contribution in [0.4, 0.5) is 10.2 Å². The van der Waals surface area contributed by atoms with Crippen LogP contribution in [0.5, 0.6) is 0 Å². The Kier molecular flexibility index (Phi) is 4.40. The lowest BCUT2D eigenvalue weighted by atomic mass is 10.2. The van der Waals surface area contributed by atoms with Crippen LogP contribution in [-0.4, -0.2) is 22.0 Å². The average molecular weight is 286 g/mol. The van der Waals surface area contributed by atoms with Gasteiger partial charge in [-0.15, -0.1) is 0 Å². The van der Waals surface area contributed by atoms with E-state index < -0.39 is 17.7 Å². The molecule has 0 aliphatic rings. The Morgan fingerprint density at radius 3 is 2.62 bits per heavy atom. The van der Waals surface area contributed by atoms with Gasteiger partial charge in [-0.05, 0) is 24.3 Å². The summed E-state index contributed by atoms with van der Waals surface area (Å²) in [6, 6.07) is 10.3. The zero-order valence-electron chi connectivity index (χ0n) is 10.8. The minimum atomic E-state index is -1.19. The Balaban J connectivity index is 2.07. The van der Waals surface area contributed by atoms with Gasteiger partial charge in [0.2, 0.25) is 5.91 Å². The number of carboxylic acids is 1. The molecule has 0 aliphatic carbocycles. The van der Waals surface area contributed by atoms with Crippen molar-refractivity contribution in [2.75, 3.05) is 5.32 Å². The van der Waals surface area contributed by atoms with Gasteiger partial charge >= 0.3 is 5.97 Å². The molecule has 2 N–H and O–H groups in total. The van der Waals surface area contributed by atoms with Crippen molar-refractivity contribution in [2.45, 2.75) is 0 Å². The number of aromatic nitrogens is 1. The molecule has 1 aromatic carbocycles. The number of nitrogens with zero attached hydrogens (tertiary/aromatic N) is 1. The lowest BCUT2D eigenvalue weighted by Crippen LogP contribution is -2.11. The van der Waals surface area contributed by atoms with Gasteiger partial charge in [0.05, 0.1) is 0 Å². The number of aromatic carboxylic acids is 1. The van der Waals surface area contributed by atoms with Crippen molar-refractivity contribution >= 4 is 23.8 Å². The fourth-order valence-corrected chi connectivity index (χ4v) is 1.57. The minimum absolute atomic E-state index is 0.109. The highest BCUT2D eigenvalue weighted by atomic mass is 19.1. The van der Waals surface area contributed by atoms with Gasteiger partial charge in [-0.1, -0.05) is 24.3 Å². The zero-order chi connectivity index (χ0) is 15.2. The normalized spacial score (nSPS) is 10.5. The lowest BCUT2D eigenvalue weighted by Gasteiger charge is -2.02. The lowest BCUT2D eigenvalue weighted by molar-refractivity contribution is -0.111. The second-order valence-corrected chi connectivity index (χ2v) is 4.06. The van der Waals surface area contributed by atoms with Gasteiger partial charge in [0.15, 0.2) is 5.69 Å². The van der Waals surface area contributed by atoms with E-state index in [-0.39, 0.29) is 17.1 Å². The smallest absolute Gasteiger partial charge is 0.354 e. The summed E-state index contributed by atoms with van der Waals surface area (Å²) in [5.74, 6) is -2.05. The maximum absolute atomic E-state index is 13.3. The fourth-order valence-electron chi connectivity index (χ4n) is 1.57. The first-order valence-electron chi connectivity index (χ1n) is 6.00. The maximum atomic E-state index is 13.3. The highest BCUT2D eigenvalue weighted by Crippen LogP contribution is 2.09. The second-order valence-electron chi connectivity index (χ2n) is 4.06. The van der Waals surface area contributed by atoms with Gasteiger partial charge in [-0.3, -0.25) is 4.79 Å². The largest absolute Gasteiger partial charge is 0.477 e. The number of halogens is 1. The van der Waals surface area contributed by atoms with E-state index >= 15 is 0 Å². The van der Waals surface area contributed by atoms with Crippen LogP contribution in [0.2, 0.25) is 0 Å². The summed E-state index contributed by atoms with van der Waals surface area (Å²) < 4.78 is 13.3. The van der Waals surface area contributed by atoms with Crippen molar-refractivity contribution in [3.63, 3.8) is 0 Å². The number of pyridine rings is 1. The molecule has 2 aromatic rings. The molecule has 0 atom stereocenters. The predicted octanol–water partition coefficient (Wildman–Crippen LogP) is 2.57. The topological polar surface area (TPSA) is 79.3 Å². The van der Waals surface area contributed by atoms with Gasteiger partial charge in [0.1, 0.15) is 11.6 Å². The molecule has 0 radical (unpaired) electrons. The Bertz CT molecular complexity index is 714. The Morgan fingerprint density at radius 1 is 1.14 bits per heavy atom. The summed E-state index contributed by atoms with van der Waals surface area (Å²) in [6.45, 7) is 0. The molecule has 0 saturated carbocycles. The number of benzene rings is 1. The summed E-state index contributed by atoms with van der Waals surface area (Å²) in [6.07, 6.45) is 2.47. The van der Waals surface area contributed by atoms with Gasteiger partial charge in [-0.2, -0.15) is 0 Å². The third-order valence-corrected chi connectivity index (χ3v) is 2.54. The third kappa shape index (κ3) is 3.97. The Labute approximate surface area is 119 Å². The van der Waals surface area contributed by atoms with Crippen LogP contribution in [0.3, 0.4) is 0 Å². The molecule has 0 unspecified atom stereocenters. The number of amides is 1. The first-order valence-corrected chi connectivity index (χ1v) is 6.00. The average Bonchev–Trinajstić information content (AvgIpc) is 2.46. The third-order valence-electron chi connectivity index (χ3n) is 2.54. The van der Waals surface area contributed by atoms with E-state index in [0.29, 0.717) is 0 Å². The van der Waals surface area contributed by atoms with Crippen LogP contribution in [0.25, 0.3) is 6.08 Å². The molecule has 1 aromatic heterocycles. The molecule has 0 bridgehead atoms. The highest BCUT2D eigenvalue weighted by Gasteiger charge is 2.06. The monoisotopic (exact) mass is 286 g/mol. The molecule has 1 heterocycles. The van der Waals surface area contributed by atoms with E-state index in [9.17, 15) is 14.0 Å². The summed E-state index contributed by atoms with van der Waals surface area (Å²) >= 11 is 0. The summed E-state index contributed by atoms with van der Waals surface area (Å²) in [7, 11) is 0. The molecule has 1 amide bonds. The van der Waals surface area contributed by atoms with Crippen LogP contribution in [0, 0.1) is 5.82 Å². The number of nitrogens with one attached hydrogen (secondary N) is 1. The quantitative estimate of drug-likeness (QED) is 0.847. The standard InChI is InChI=1S/C15H11FN2O3/c16-11-5-2-1-4-10(11)8-9-14(19)18-13-7-3-6-12(17-13)15(20)21/h1-9H,(H,20,21)(H,17,18,19). The van der Waals surface area contributed by atoms with E-state index in [4.69, 9.17) is 5.11 Å². The molecular weight excluding hydrogens is 275 g/mol. The van der Waals surface area contributed by atoms with Gasteiger partial charge in [0.25, 0.3) is 0 Å². The molecule has 0 spiro atoms. The molecular formula is C15H11FN2O3. The van der Waals surface area contributed by atoms with Crippen molar-refractivity contribution in [1.82, 2.24) is 4.98 Å². The van der Waals surface area contributed by atoms with Crippen molar-refractivity contribution in [2.24, 2.45) is 0 Å². The SMILES string of the molecule is O=C(C=Cc1ccccc1F)Nc1cccc(C(=O)O)n1. The number of carbonyl (C=O) groups excluding carboxylic acids is 1. The molecule has 106 valence electrons. The van der Waals surface area contributed by atoms with Crippen LogP contribution in [0.15, 0.2) is 48.5 Å². The first kappa shape index (κ1) is 14.4. The highest BCUT2D eigenvalue weighted by molar-refractivity contribution is 6.01. The minimum Gasteiger partial charge on any atom is -0.477 e. The van der Waals surface area contributed by atoms with Crippen LogP contribution >= 0.6 is 0 Å². The molecule has 0 aliphatic heterocycles. The Hall–Kier alpha value is -3.02. The zero-order valence-corrected chi connectivity index (χ0v) is 10.8. The van der Waals surface area contributed by atoms with Crippen molar-refractivity contribution in [3.8, 4) is 0 Å². The number of carbonyl (C=O) groups is 2. The van der Waals surface area contributed by atoms with Crippen LogP contribution in [-0.2, 0) is 4.79 Å². The number of hydrogen-bond donors (Lipinski definition) is 2. The van der Waals surface area contributed by atoms with E-state index in [2.05, 4.69) is 10.3 Å². The van der Waals surface area contributed by atoms with Gasteiger partial charge in [-0.25, -0.2) is 14.2 Å². The van der Waals surface area contributed by atoms with E-state index in [1.54, 1.807) is 12.1 Å². The molecule has 5 nitrogen and oxygen atoms in total. The number of rotatable bonds is 4. The van der Waals surface area contributed by atoms with Gasteiger partial charge < -0.3 is 10.4 Å². The summed E-state index contributed by atoms with van der Waals surface area (Å²) in [5.41, 5.74) is 0.103. The van der Waals surface area contributed by atoms with Crippen molar-refractivity contribution in [1.29, 1.82) is 0 Å². The summed E-state index contributed by atoms with van der Waals surface area (Å²) in [5, 5.41) is 11.2. The van der Waals surface area contributed by atoms with Crippen molar-refractivity contribution < 1.29 is 19.1 Å². The van der Waals surface area contributed by atoms with Gasteiger partial charge in [0, 0.05) is 11.6 Å².